The normalized spacial score (nSPS) is 11.6. The Hall–Kier alpha value is -2.62. The first-order valence-corrected chi connectivity index (χ1v) is 7.93. The van der Waals surface area contributed by atoms with E-state index in [1.54, 1.807) is 12.1 Å². The standard InChI is InChI=1S/C20H22O4/c1-14-4-8-17(9-5-14)19(12-13-23-16(3)21)24-20(22)18-10-6-15(2)7-11-18/h4-11,19H,12-13H2,1-3H3. The van der Waals surface area contributed by atoms with Crippen LogP contribution < -0.4 is 0 Å². The maximum atomic E-state index is 12.4. The van der Waals surface area contributed by atoms with E-state index in [2.05, 4.69) is 0 Å². The Kier molecular flexibility index (Phi) is 6.13. The third-order valence-corrected chi connectivity index (χ3v) is 3.67. The molecule has 0 radical (unpaired) electrons. The van der Waals surface area contributed by atoms with Gasteiger partial charge in [0.05, 0.1) is 12.2 Å². The fourth-order valence-corrected chi connectivity index (χ4v) is 2.27. The van der Waals surface area contributed by atoms with E-state index in [4.69, 9.17) is 9.47 Å². The van der Waals surface area contributed by atoms with E-state index in [-0.39, 0.29) is 18.5 Å². The Morgan fingerprint density at radius 1 is 0.917 bits per heavy atom. The number of esters is 2. The number of hydrogen-bond donors (Lipinski definition) is 0. The number of benzene rings is 2. The van der Waals surface area contributed by atoms with Crippen molar-refractivity contribution in [3.05, 3.63) is 70.8 Å². The van der Waals surface area contributed by atoms with E-state index in [1.165, 1.54) is 6.92 Å². The highest BCUT2D eigenvalue weighted by Crippen LogP contribution is 2.23. The van der Waals surface area contributed by atoms with Crippen molar-refractivity contribution < 1.29 is 19.1 Å². The van der Waals surface area contributed by atoms with Gasteiger partial charge in [0.15, 0.2) is 0 Å². The van der Waals surface area contributed by atoms with Crippen LogP contribution in [0.25, 0.3) is 0 Å². The van der Waals surface area contributed by atoms with Gasteiger partial charge in [0.1, 0.15) is 6.10 Å². The summed E-state index contributed by atoms with van der Waals surface area (Å²) in [5, 5.41) is 0. The van der Waals surface area contributed by atoms with Crippen molar-refractivity contribution in [3.63, 3.8) is 0 Å². The van der Waals surface area contributed by atoms with Gasteiger partial charge in [-0.25, -0.2) is 4.79 Å². The molecule has 0 saturated heterocycles. The Morgan fingerprint density at radius 3 is 2.00 bits per heavy atom. The summed E-state index contributed by atoms with van der Waals surface area (Å²) in [6.07, 6.45) is -0.0426. The molecule has 126 valence electrons. The van der Waals surface area contributed by atoms with Crippen LogP contribution in [0.2, 0.25) is 0 Å². The van der Waals surface area contributed by atoms with Crippen LogP contribution in [0.15, 0.2) is 48.5 Å². The summed E-state index contributed by atoms with van der Waals surface area (Å²) in [5.41, 5.74) is 3.59. The van der Waals surface area contributed by atoms with Gasteiger partial charge in [0, 0.05) is 13.3 Å². The Bertz CT molecular complexity index is 687. The van der Waals surface area contributed by atoms with Crippen LogP contribution in [0.3, 0.4) is 0 Å². The first-order chi connectivity index (χ1) is 11.5. The number of hydrogen-bond acceptors (Lipinski definition) is 4. The summed E-state index contributed by atoms with van der Waals surface area (Å²) in [5.74, 6) is -0.731. The van der Waals surface area contributed by atoms with E-state index in [9.17, 15) is 9.59 Å². The van der Waals surface area contributed by atoms with Gasteiger partial charge in [-0.15, -0.1) is 0 Å². The average Bonchev–Trinajstić information content (AvgIpc) is 2.55. The highest BCUT2D eigenvalue weighted by molar-refractivity contribution is 5.89. The second-order valence-corrected chi connectivity index (χ2v) is 5.80. The van der Waals surface area contributed by atoms with Crippen molar-refractivity contribution in [1.29, 1.82) is 0 Å². The minimum atomic E-state index is -0.459. The molecule has 0 heterocycles. The van der Waals surface area contributed by atoms with Gasteiger partial charge in [-0.1, -0.05) is 47.5 Å². The van der Waals surface area contributed by atoms with E-state index in [0.29, 0.717) is 12.0 Å². The van der Waals surface area contributed by atoms with Gasteiger partial charge in [-0.2, -0.15) is 0 Å². The quantitative estimate of drug-likeness (QED) is 0.748. The molecule has 0 saturated carbocycles. The van der Waals surface area contributed by atoms with Crippen molar-refractivity contribution in [2.24, 2.45) is 0 Å². The molecule has 0 aromatic heterocycles. The molecule has 1 atom stereocenters. The second-order valence-electron chi connectivity index (χ2n) is 5.80. The maximum Gasteiger partial charge on any atom is 0.338 e. The van der Waals surface area contributed by atoms with Crippen LogP contribution in [0, 0.1) is 13.8 Å². The SMILES string of the molecule is CC(=O)OCCC(OC(=O)c1ccc(C)cc1)c1ccc(C)cc1. The number of rotatable bonds is 6. The second kappa shape index (κ2) is 8.29. The molecular formula is C20H22O4. The van der Waals surface area contributed by atoms with Crippen molar-refractivity contribution in [2.75, 3.05) is 6.61 Å². The maximum absolute atomic E-state index is 12.4. The largest absolute Gasteiger partial charge is 0.466 e. The average molecular weight is 326 g/mol. The molecule has 0 bridgehead atoms. The molecule has 0 amide bonds. The zero-order chi connectivity index (χ0) is 17.5. The minimum Gasteiger partial charge on any atom is -0.466 e. The van der Waals surface area contributed by atoms with Gasteiger partial charge in [0.2, 0.25) is 0 Å². The first-order valence-electron chi connectivity index (χ1n) is 7.93. The molecule has 1 unspecified atom stereocenters. The van der Waals surface area contributed by atoms with Crippen molar-refractivity contribution in [1.82, 2.24) is 0 Å². The van der Waals surface area contributed by atoms with Gasteiger partial charge >= 0.3 is 11.9 Å². The smallest absolute Gasteiger partial charge is 0.338 e. The van der Waals surface area contributed by atoms with Gasteiger partial charge in [0.25, 0.3) is 0 Å². The highest BCUT2D eigenvalue weighted by atomic mass is 16.6. The summed E-state index contributed by atoms with van der Waals surface area (Å²) in [6, 6.07) is 15.0. The van der Waals surface area contributed by atoms with Crippen LogP contribution in [0.1, 0.15) is 46.5 Å². The monoisotopic (exact) mass is 326 g/mol. The van der Waals surface area contributed by atoms with Crippen LogP contribution in [-0.4, -0.2) is 18.5 Å². The molecule has 0 fully saturated rings. The molecule has 0 N–H and O–H groups in total. The van der Waals surface area contributed by atoms with Crippen molar-refractivity contribution in [3.8, 4) is 0 Å². The number of aryl methyl sites for hydroxylation is 2. The third kappa shape index (κ3) is 5.23. The molecule has 0 aliphatic heterocycles. The molecule has 0 aliphatic carbocycles. The molecule has 4 nitrogen and oxygen atoms in total. The Labute approximate surface area is 142 Å². The molecule has 0 aliphatic rings. The summed E-state index contributed by atoms with van der Waals surface area (Å²) >= 11 is 0. The van der Waals surface area contributed by atoms with E-state index in [0.717, 1.165) is 16.7 Å². The Balaban J connectivity index is 2.12. The van der Waals surface area contributed by atoms with Crippen LogP contribution >= 0.6 is 0 Å². The van der Waals surface area contributed by atoms with Gasteiger partial charge in [-0.3, -0.25) is 4.79 Å². The lowest BCUT2D eigenvalue weighted by atomic mass is 10.0. The fraction of sp³-hybridized carbons (Fsp3) is 0.300. The summed E-state index contributed by atoms with van der Waals surface area (Å²) in [6.45, 7) is 5.52. The number of carbonyl (C=O) groups is 2. The van der Waals surface area contributed by atoms with E-state index < -0.39 is 6.10 Å². The molecular weight excluding hydrogens is 304 g/mol. The van der Waals surface area contributed by atoms with Gasteiger partial charge < -0.3 is 9.47 Å². The highest BCUT2D eigenvalue weighted by Gasteiger charge is 2.18. The lowest BCUT2D eigenvalue weighted by molar-refractivity contribution is -0.141. The number of carbonyl (C=O) groups excluding carboxylic acids is 2. The molecule has 2 aromatic carbocycles. The lowest BCUT2D eigenvalue weighted by Gasteiger charge is -2.18. The van der Waals surface area contributed by atoms with E-state index >= 15 is 0 Å². The Morgan fingerprint density at radius 2 is 1.46 bits per heavy atom. The van der Waals surface area contributed by atoms with Gasteiger partial charge in [-0.05, 0) is 31.5 Å². The van der Waals surface area contributed by atoms with E-state index in [1.807, 2.05) is 50.2 Å². The predicted molar refractivity (Wildman–Crippen MR) is 91.8 cm³/mol. The first kappa shape index (κ1) is 17.7. The molecule has 2 rings (SSSR count). The summed E-state index contributed by atoms with van der Waals surface area (Å²) in [4.78, 5) is 23.3. The van der Waals surface area contributed by atoms with Crippen LogP contribution in [0.5, 0.6) is 0 Å². The van der Waals surface area contributed by atoms with Crippen LogP contribution in [0.4, 0.5) is 0 Å². The topological polar surface area (TPSA) is 52.6 Å². The molecule has 2 aromatic rings. The molecule has 0 spiro atoms. The van der Waals surface area contributed by atoms with Crippen LogP contribution in [-0.2, 0) is 14.3 Å². The zero-order valence-electron chi connectivity index (χ0n) is 14.2. The minimum absolute atomic E-state index is 0.203. The predicted octanol–water partition coefficient (Wildman–Crippen LogP) is 4.15. The molecule has 24 heavy (non-hydrogen) atoms. The molecule has 4 heteroatoms. The fourth-order valence-electron chi connectivity index (χ4n) is 2.27. The number of ether oxygens (including phenoxy) is 2. The summed E-state index contributed by atoms with van der Waals surface area (Å²) < 4.78 is 10.6. The summed E-state index contributed by atoms with van der Waals surface area (Å²) in [7, 11) is 0. The zero-order valence-corrected chi connectivity index (χ0v) is 14.2. The lowest BCUT2D eigenvalue weighted by Crippen LogP contribution is -2.14. The third-order valence-electron chi connectivity index (χ3n) is 3.67. The van der Waals surface area contributed by atoms with Crippen molar-refractivity contribution in [2.45, 2.75) is 33.3 Å². The van der Waals surface area contributed by atoms with Crippen molar-refractivity contribution >= 4 is 11.9 Å².